The second kappa shape index (κ2) is 7.99. The number of hydrogen-bond acceptors (Lipinski definition) is 4. The van der Waals surface area contributed by atoms with E-state index in [4.69, 9.17) is 4.74 Å². The SMILES string of the molecule is CCNC(C)(CCN(C)C1CCC(C)CC1)C(=O)OC. The maximum atomic E-state index is 12.0. The highest BCUT2D eigenvalue weighted by atomic mass is 16.5. The van der Waals surface area contributed by atoms with E-state index in [0.29, 0.717) is 6.04 Å². The number of hydrogen-bond donors (Lipinski definition) is 1. The molecule has 0 aromatic rings. The van der Waals surface area contributed by atoms with E-state index in [0.717, 1.165) is 25.4 Å². The van der Waals surface area contributed by atoms with Crippen molar-refractivity contribution in [2.24, 2.45) is 5.92 Å². The summed E-state index contributed by atoms with van der Waals surface area (Å²) >= 11 is 0. The third-order valence-electron chi connectivity index (χ3n) is 4.78. The molecule has 1 fully saturated rings. The van der Waals surface area contributed by atoms with Crippen LogP contribution >= 0.6 is 0 Å². The molecule has 0 amide bonds. The summed E-state index contributed by atoms with van der Waals surface area (Å²) in [6.07, 6.45) is 6.02. The average Bonchev–Trinajstić information content (AvgIpc) is 2.45. The molecule has 20 heavy (non-hydrogen) atoms. The third kappa shape index (κ3) is 4.74. The molecule has 0 aliphatic heterocycles. The van der Waals surface area contributed by atoms with Crippen LogP contribution in [-0.4, -0.2) is 49.7 Å². The number of likely N-dealkylation sites (N-methyl/N-ethyl adjacent to an activating group) is 1. The second-order valence-corrected chi connectivity index (χ2v) is 6.50. The molecule has 0 bridgehead atoms. The Kier molecular flexibility index (Phi) is 6.96. The zero-order valence-electron chi connectivity index (χ0n) is 13.9. The maximum Gasteiger partial charge on any atom is 0.325 e. The number of ether oxygens (including phenoxy) is 1. The quantitative estimate of drug-likeness (QED) is 0.729. The van der Waals surface area contributed by atoms with Crippen LogP contribution in [0, 0.1) is 5.92 Å². The monoisotopic (exact) mass is 284 g/mol. The van der Waals surface area contributed by atoms with Crippen molar-refractivity contribution in [3.8, 4) is 0 Å². The summed E-state index contributed by atoms with van der Waals surface area (Å²) in [5.41, 5.74) is -0.570. The highest BCUT2D eigenvalue weighted by Gasteiger charge is 2.34. The van der Waals surface area contributed by atoms with E-state index in [1.165, 1.54) is 32.8 Å². The van der Waals surface area contributed by atoms with Gasteiger partial charge in [0.15, 0.2) is 0 Å². The Morgan fingerprint density at radius 2 is 1.95 bits per heavy atom. The summed E-state index contributed by atoms with van der Waals surface area (Å²) in [5, 5.41) is 3.27. The molecule has 4 nitrogen and oxygen atoms in total. The molecule has 1 saturated carbocycles. The highest BCUT2D eigenvalue weighted by Crippen LogP contribution is 2.27. The smallest absolute Gasteiger partial charge is 0.325 e. The van der Waals surface area contributed by atoms with Crippen molar-refractivity contribution in [1.82, 2.24) is 10.2 Å². The van der Waals surface area contributed by atoms with Gasteiger partial charge < -0.3 is 15.0 Å². The summed E-state index contributed by atoms with van der Waals surface area (Å²) in [6, 6.07) is 0.676. The van der Waals surface area contributed by atoms with Crippen LogP contribution in [0.2, 0.25) is 0 Å². The number of carbonyl (C=O) groups excluding carboxylic acids is 1. The first-order chi connectivity index (χ1) is 9.42. The molecule has 0 aromatic heterocycles. The van der Waals surface area contributed by atoms with Gasteiger partial charge in [-0.05, 0) is 58.5 Å². The maximum absolute atomic E-state index is 12.0. The van der Waals surface area contributed by atoms with Gasteiger partial charge in [0, 0.05) is 12.6 Å². The summed E-state index contributed by atoms with van der Waals surface area (Å²) in [4.78, 5) is 14.4. The first-order valence-electron chi connectivity index (χ1n) is 7.96. The zero-order chi connectivity index (χ0) is 15.2. The molecule has 0 aromatic carbocycles. The third-order valence-corrected chi connectivity index (χ3v) is 4.78. The largest absolute Gasteiger partial charge is 0.468 e. The van der Waals surface area contributed by atoms with Crippen LogP contribution in [0.4, 0.5) is 0 Å². The van der Waals surface area contributed by atoms with Crippen molar-refractivity contribution in [3.63, 3.8) is 0 Å². The zero-order valence-corrected chi connectivity index (χ0v) is 13.9. The summed E-state index contributed by atoms with van der Waals surface area (Å²) in [7, 11) is 3.65. The number of nitrogens with one attached hydrogen (secondary N) is 1. The fourth-order valence-corrected chi connectivity index (χ4v) is 3.14. The molecule has 1 rings (SSSR count). The predicted octanol–water partition coefficient (Wildman–Crippen LogP) is 2.43. The molecule has 1 unspecified atom stereocenters. The van der Waals surface area contributed by atoms with Crippen molar-refractivity contribution in [2.45, 2.75) is 64.5 Å². The van der Waals surface area contributed by atoms with E-state index in [-0.39, 0.29) is 5.97 Å². The van der Waals surface area contributed by atoms with Gasteiger partial charge in [0.25, 0.3) is 0 Å². The van der Waals surface area contributed by atoms with Gasteiger partial charge in [0.05, 0.1) is 7.11 Å². The van der Waals surface area contributed by atoms with Gasteiger partial charge in [-0.1, -0.05) is 13.8 Å². The topological polar surface area (TPSA) is 41.6 Å². The van der Waals surface area contributed by atoms with Gasteiger partial charge in [-0.25, -0.2) is 0 Å². The van der Waals surface area contributed by atoms with E-state index in [2.05, 4.69) is 24.2 Å². The predicted molar refractivity (Wildman–Crippen MR) is 82.8 cm³/mol. The lowest BCUT2D eigenvalue weighted by Crippen LogP contribution is -2.52. The van der Waals surface area contributed by atoms with Crippen molar-refractivity contribution in [3.05, 3.63) is 0 Å². The Bertz CT molecular complexity index is 301. The first-order valence-corrected chi connectivity index (χ1v) is 7.96. The molecule has 4 heteroatoms. The summed E-state index contributed by atoms with van der Waals surface area (Å²) < 4.78 is 4.94. The van der Waals surface area contributed by atoms with Gasteiger partial charge >= 0.3 is 5.97 Å². The van der Waals surface area contributed by atoms with Gasteiger partial charge in [-0.15, -0.1) is 0 Å². The molecule has 1 atom stereocenters. The van der Waals surface area contributed by atoms with E-state index in [1.807, 2.05) is 13.8 Å². The van der Waals surface area contributed by atoms with Crippen LogP contribution in [0.15, 0.2) is 0 Å². The van der Waals surface area contributed by atoms with Gasteiger partial charge in [-0.3, -0.25) is 4.79 Å². The minimum absolute atomic E-state index is 0.162. The Morgan fingerprint density at radius 3 is 2.45 bits per heavy atom. The van der Waals surface area contributed by atoms with E-state index < -0.39 is 5.54 Å². The highest BCUT2D eigenvalue weighted by molar-refractivity contribution is 5.80. The minimum atomic E-state index is -0.570. The lowest BCUT2D eigenvalue weighted by Gasteiger charge is -2.36. The molecule has 1 aliphatic rings. The van der Waals surface area contributed by atoms with Crippen molar-refractivity contribution < 1.29 is 9.53 Å². The number of carbonyl (C=O) groups is 1. The fraction of sp³-hybridized carbons (Fsp3) is 0.938. The lowest BCUT2D eigenvalue weighted by atomic mass is 9.86. The number of esters is 1. The molecule has 0 heterocycles. The summed E-state index contributed by atoms with van der Waals surface area (Å²) in [6.45, 7) is 8.01. The Morgan fingerprint density at radius 1 is 1.35 bits per heavy atom. The van der Waals surface area contributed by atoms with Crippen LogP contribution in [-0.2, 0) is 9.53 Å². The van der Waals surface area contributed by atoms with Gasteiger partial charge in [-0.2, -0.15) is 0 Å². The van der Waals surface area contributed by atoms with Crippen LogP contribution < -0.4 is 5.32 Å². The molecule has 0 radical (unpaired) electrons. The van der Waals surface area contributed by atoms with Crippen LogP contribution in [0.1, 0.15) is 52.9 Å². The summed E-state index contributed by atoms with van der Waals surface area (Å²) in [5.74, 6) is 0.715. The van der Waals surface area contributed by atoms with Crippen LogP contribution in [0.3, 0.4) is 0 Å². The lowest BCUT2D eigenvalue weighted by molar-refractivity contribution is -0.148. The van der Waals surface area contributed by atoms with Gasteiger partial charge in [0.2, 0.25) is 0 Å². The second-order valence-electron chi connectivity index (χ2n) is 6.50. The Balaban J connectivity index is 2.48. The fourth-order valence-electron chi connectivity index (χ4n) is 3.14. The van der Waals surface area contributed by atoms with Crippen LogP contribution in [0.5, 0.6) is 0 Å². The van der Waals surface area contributed by atoms with Crippen LogP contribution in [0.25, 0.3) is 0 Å². The molecule has 118 valence electrons. The van der Waals surface area contributed by atoms with Crippen molar-refractivity contribution in [1.29, 1.82) is 0 Å². The van der Waals surface area contributed by atoms with Crippen molar-refractivity contribution in [2.75, 3.05) is 27.2 Å². The molecular formula is C16H32N2O2. The Labute approximate surface area is 124 Å². The number of methoxy groups -OCH3 is 1. The normalized spacial score (nSPS) is 26.3. The molecule has 1 aliphatic carbocycles. The molecule has 1 N–H and O–H groups in total. The average molecular weight is 284 g/mol. The van der Waals surface area contributed by atoms with E-state index >= 15 is 0 Å². The molecule has 0 spiro atoms. The molecule has 0 saturated heterocycles. The van der Waals surface area contributed by atoms with Crippen molar-refractivity contribution >= 4 is 5.97 Å². The molecular weight excluding hydrogens is 252 g/mol. The Hall–Kier alpha value is -0.610. The standard InChI is InChI=1S/C16H32N2O2/c1-6-17-16(3,15(19)20-5)11-12-18(4)14-9-7-13(2)8-10-14/h13-14,17H,6-12H2,1-5H3. The number of nitrogens with zero attached hydrogens (tertiary/aromatic N) is 1. The van der Waals surface area contributed by atoms with Gasteiger partial charge in [0.1, 0.15) is 5.54 Å². The number of rotatable bonds is 7. The first kappa shape index (κ1) is 17.4. The van der Waals surface area contributed by atoms with E-state index in [9.17, 15) is 4.79 Å². The minimum Gasteiger partial charge on any atom is -0.468 e. The van der Waals surface area contributed by atoms with E-state index in [1.54, 1.807) is 0 Å².